The highest BCUT2D eigenvalue weighted by Gasteiger charge is 2.19. The molecular weight excluding hydrogens is 281 g/mol. The van der Waals surface area contributed by atoms with Crippen LogP contribution in [0.2, 0.25) is 0 Å². The van der Waals surface area contributed by atoms with Crippen LogP contribution in [0.15, 0.2) is 47.6 Å². The quantitative estimate of drug-likeness (QED) is 0.843. The van der Waals surface area contributed by atoms with Crippen molar-refractivity contribution in [3.05, 3.63) is 54.1 Å². The van der Waals surface area contributed by atoms with Crippen LogP contribution in [-0.2, 0) is 10.0 Å². The molecule has 1 unspecified atom stereocenters. The van der Waals surface area contributed by atoms with Gasteiger partial charge in [0.25, 0.3) is 0 Å². The number of halogens is 1. The number of nitrogens with two attached hydrogens (primary N) is 1. The number of nitrogen functional groups attached to an aromatic ring is 1. The number of hydrogen-bond acceptors (Lipinski definition) is 4. The third-order valence-corrected chi connectivity index (χ3v) is 4.26. The number of pyridine rings is 1. The van der Waals surface area contributed by atoms with Gasteiger partial charge in [-0.1, -0.05) is 0 Å². The summed E-state index contributed by atoms with van der Waals surface area (Å²) in [5.74, 6) is -0.693. The van der Waals surface area contributed by atoms with Crippen molar-refractivity contribution in [2.75, 3.05) is 5.73 Å². The van der Waals surface area contributed by atoms with E-state index in [1.165, 1.54) is 6.07 Å². The molecule has 0 aliphatic rings. The van der Waals surface area contributed by atoms with Gasteiger partial charge in [-0.05, 0) is 42.8 Å². The van der Waals surface area contributed by atoms with E-state index in [1.807, 2.05) is 0 Å². The first-order valence-corrected chi connectivity index (χ1v) is 7.35. The van der Waals surface area contributed by atoms with Crippen molar-refractivity contribution < 1.29 is 12.8 Å². The molecule has 0 spiro atoms. The number of rotatable bonds is 4. The van der Waals surface area contributed by atoms with E-state index in [0.29, 0.717) is 0 Å². The van der Waals surface area contributed by atoms with Gasteiger partial charge in [0.15, 0.2) is 0 Å². The molecule has 0 amide bonds. The maximum absolute atomic E-state index is 13.2. The Morgan fingerprint density at radius 1 is 1.25 bits per heavy atom. The molecule has 0 bridgehead atoms. The van der Waals surface area contributed by atoms with Crippen molar-refractivity contribution in [2.24, 2.45) is 0 Å². The smallest absolute Gasteiger partial charge is 0.241 e. The van der Waals surface area contributed by atoms with Crippen LogP contribution in [0.1, 0.15) is 18.5 Å². The van der Waals surface area contributed by atoms with Gasteiger partial charge in [-0.25, -0.2) is 17.5 Å². The molecule has 2 rings (SSSR count). The minimum Gasteiger partial charge on any atom is -0.399 e. The van der Waals surface area contributed by atoms with Gasteiger partial charge < -0.3 is 5.73 Å². The number of aromatic nitrogens is 1. The summed E-state index contributed by atoms with van der Waals surface area (Å²) >= 11 is 0. The maximum atomic E-state index is 13.2. The highest BCUT2D eigenvalue weighted by atomic mass is 32.2. The molecule has 0 saturated heterocycles. The van der Waals surface area contributed by atoms with E-state index in [1.54, 1.807) is 31.5 Å². The summed E-state index contributed by atoms with van der Waals surface area (Å²) < 4.78 is 40.0. The number of hydrogen-bond donors (Lipinski definition) is 2. The van der Waals surface area contributed by atoms with Crippen LogP contribution in [0.5, 0.6) is 0 Å². The lowest BCUT2D eigenvalue weighted by Crippen LogP contribution is -2.27. The van der Waals surface area contributed by atoms with Crippen molar-refractivity contribution in [3.8, 4) is 0 Å². The second kappa shape index (κ2) is 5.56. The molecule has 2 aromatic rings. The Labute approximate surface area is 116 Å². The second-order valence-corrected chi connectivity index (χ2v) is 6.06. The molecule has 1 heterocycles. The first-order chi connectivity index (χ1) is 9.38. The predicted molar refractivity (Wildman–Crippen MR) is 73.8 cm³/mol. The molecule has 0 aliphatic carbocycles. The molecule has 1 atom stereocenters. The zero-order valence-corrected chi connectivity index (χ0v) is 11.6. The first kappa shape index (κ1) is 14.4. The molecule has 5 nitrogen and oxygen atoms in total. The predicted octanol–water partition coefficient (Wildman–Crippen LogP) is 1.84. The lowest BCUT2D eigenvalue weighted by molar-refractivity contribution is 0.564. The third-order valence-electron chi connectivity index (χ3n) is 2.74. The maximum Gasteiger partial charge on any atom is 0.241 e. The molecule has 1 aromatic heterocycles. The fourth-order valence-electron chi connectivity index (χ4n) is 1.76. The van der Waals surface area contributed by atoms with Crippen LogP contribution in [0.4, 0.5) is 10.1 Å². The van der Waals surface area contributed by atoms with Gasteiger partial charge in [-0.15, -0.1) is 0 Å². The Hall–Kier alpha value is -1.99. The Morgan fingerprint density at radius 2 is 1.90 bits per heavy atom. The number of nitrogens with one attached hydrogen (secondary N) is 1. The van der Waals surface area contributed by atoms with Gasteiger partial charge in [0.05, 0.1) is 4.90 Å². The van der Waals surface area contributed by atoms with E-state index in [4.69, 9.17) is 5.73 Å². The lowest BCUT2D eigenvalue weighted by atomic mass is 10.1. The summed E-state index contributed by atoms with van der Waals surface area (Å²) in [6.45, 7) is 1.69. The molecular formula is C13H14FN3O2S. The van der Waals surface area contributed by atoms with E-state index in [-0.39, 0.29) is 10.6 Å². The monoisotopic (exact) mass is 295 g/mol. The van der Waals surface area contributed by atoms with E-state index >= 15 is 0 Å². The van der Waals surface area contributed by atoms with Crippen LogP contribution in [-0.4, -0.2) is 13.4 Å². The van der Waals surface area contributed by atoms with Crippen LogP contribution in [0.3, 0.4) is 0 Å². The average molecular weight is 295 g/mol. The Balaban J connectivity index is 2.27. The minimum absolute atomic E-state index is 0.0574. The van der Waals surface area contributed by atoms with Crippen LogP contribution in [0, 0.1) is 5.82 Å². The summed E-state index contributed by atoms with van der Waals surface area (Å²) in [7, 11) is -3.84. The average Bonchev–Trinajstić information content (AvgIpc) is 2.38. The topological polar surface area (TPSA) is 85.1 Å². The molecule has 0 aliphatic heterocycles. The minimum atomic E-state index is -3.84. The van der Waals surface area contributed by atoms with Gasteiger partial charge in [0.1, 0.15) is 5.82 Å². The first-order valence-electron chi connectivity index (χ1n) is 5.87. The lowest BCUT2D eigenvalue weighted by Gasteiger charge is -2.14. The third kappa shape index (κ3) is 3.31. The van der Waals surface area contributed by atoms with Gasteiger partial charge in [-0.2, -0.15) is 0 Å². The van der Waals surface area contributed by atoms with E-state index < -0.39 is 21.9 Å². The Bertz CT molecular complexity index is 685. The van der Waals surface area contributed by atoms with Crippen molar-refractivity contribution in [2.45, 2.75) is 17.9 Å². The summed E-state index contributed by atoms with van der Waals surface area (Å²) in [5, 5.41) is 0. The SMILES string of the molecule is CC(NS(=O)(=O)c1cc(N)cc(F)c1)c1ccncc1. The number of benzene rings is 1. The summed E-state index contributed by atoms with van der Waals surface area (Å²) in [5.41, 5.74) is 6.27. The number of sulfonamides is 1. The van der Waals surface area contributed by atoms with E-state index in [0.717, 1.165) is 17.7 Å². The molecule has 1 aromatic carbocycles. The van der Waals surface area contributed by atoms with Crippen molar-refractivity contribution in [1.82, 2.24) is 9.71 Å². The summed E-state index contributed by atoms with van der Waals surface area (Å²) in [6.07, 6.45) is 3.14. The van der Waals surface area contributed by atoms with Gasteiger partial charge in [-0.3, -0.25) is 4.98 Å². The zero-order valence-electron chi connectivity index (χ0n) is 10.7. The molecule has 3 N–H and O–H groups in total. The zero-order chi connectivity index (χ0) is 14.8. The summed E-state index contributed by atoms with van der Waals surface area (Å²) in [4.78, 5) is 3.66. The van der Waals surface area contributed by atoms with E-state index in [9.17, 15) is 12.8 Å². The van der Waals surface area contributed by atoms with E-state index in [2.05, 4.69) is 9.71 Å². The largest absolute Gasteiger partial charge is 0.399 e. The Kier molecular flexibility index (Phi) is 4.01. The molecule has 0 fully saturated rings. The van der Waals surface area contributed by atoms with Crippen LogP contribution < -0.4 is 10.5 Å². The number of nitrogens with zero attached hydrogens (tertiary/aromatic N) is 1. The van der Waals surface area contributed by atoms with Crippen LogP contribution in [0.25, 0.3) is 0 Å². The second-order valence-electron chi connectivity index (χ2n) is 4.34. The molecule has 7 heteroatoms. The summed E-state index contributed by atoms with van der Waals surface area (Å²) in [6, 6.07) is 6.14. The normalized spacial score (nSPS) is 13.1. The molecule has 0 radical (unpaired) electrons. The standard InChI is InChI=1S/C13H14FN3O2S/c1-9(10-2-4-16-5-3-10)17-20(18,19)13-7-11(14)6-12(15)8-13/h2-9,17H,15H2,1H3. The number of anilines is 1. The Morgan fingerprint density at radius 3 is 2.50 bits per heavy atom. The highest BCUT2D eigenvalue weighted by molar-refractivity contribution is 7.89. The molecule has 106 valence electrons. The van der Waals surface area contributed by atoms with Crippen molar-refractivity contribution in [3.63, 3.8) is 0 Å². The van der Waals surface area contributed by atoms with Crippen molar-refractivity contribution >= 4 is 15.7 Å². The van der Waals surface area contributed by atoms with Gasteiger partial charge >= 0.3 is 0 Å². The van der Waals surface area contributed by atoms with Crippen LogP contribution >= 0.6 is 0 Å². The van der Waals surface area contributed by atoms with Gasteiger partial charge in [0, 0.05) is 24.1 Å². The molecule has 20 heavy (non-hydrogen) atoms. The fourth-order valence-corrected chi connectivity index (χ4v) is 3.06. The van der Waals surface area contributed by atoms with Crippen molar-refractivity contribution in [1.29, 1.82) is 0 Å². The molecule has 0 saturated carbocycles. The fraction of sp³-hybridized carbons (Fsp3) is 0.154. The van der Waals surface area contributed by atoms with Gasteiger partial charge in [0.2, 0.25) is 10.0 Å². The highest BCUT2D eigenvalue weighted by Crippen LogP contribution is 2.19.